The van der Waals surface area contributed by atoms with Crippen LogP contribution in [0.3, 0.4) is 0 Å². The topological polar surface area (TPSA) is 74.6 Å². The van der Waals surface area contributed by atoms with Crippen molar-refractivity contribution in [1.29, 1.82) is 0 Å². The summed E-state index contributed by atoms with van der Waals surface area (Å²) in [7, 11) is 3.65. The van der Waals surface area contributed by atoms with Gasteiger partial charge in [0.15, 0.2) is 5.76 Å². The van der Waals surface area contributed by atoms with E-state index in [0.29, 0.717) is 16.9 Å². The van der Waals surface area contributed by atoms with Gasteiger partial charge in [-0.05, 0) is 48.0 Å². The standard InChI is InChI=1S/C21H20FN3O3/c1-25(2)18-10-9-16(24-21(27)19-4-3-11-28-19)12-17(18)20(26)23-13-14-5-7-15(22)8-6-14/h3-12H,13H2,1-2H3,(H,23,26)(H,24,27). The van der Waals surface area contributed by atoms with Gasteiger partial charge < -0.3 is 20.0 Å². The first kappa shape index (κ1) is 19.2. The maximum absolute atomic E-state index is 13.0. The summed E-state index contributed by atoms with van der Waals surface area (Å²) in [6, 6.07) is 14.2. The normalized spacial score (nSPS) is 10.4. The van der Waals surface area contributed by atoms with E-state index in [2.05, 4.69) is 10.6 Å². The minimum atomic E-state index is -0.403. The molecule has 0 saturated carbocycles. The molecular formula is C21H20FN3O3. The predicted octanol–water partition coefficient (Wildman–Crippen LogP) is 3.67. The van der Waals surface area contributed by atoms with Crippen molar-refractivity contribution in [2.24, 2.45) is 0 Å². The second-order valence-electron chi connectivity index (χ2n) is 6.37. The van der Waals surface area contributed by atoms with Gasteiger partial charge >= 0.3 is 0 Å². The molecule has 0 aliphatic heterocycles. The van der Waals surface area contributed by atoms with Crippen LogP contribution in [-0.2, 0) is 6.54 Å². The Labute approximate surface area is 162 Å². The smallest absolute Gasteiger partial charge is 0.291 e. The van der Waals surface area contributed by atoms with Gasteiger partial charge in [0.1, 0.15) is 5.82 Å². The molecule has 0 aliphatic carbocycles. The van der Waals surface area contributed by atoms with Gasteiger partial charge in [-0.1, -0.05) is 12.1 Å². The number of carbonyl (C=O) groups is 2. The molecule has 0 bridgehead atoms. The molecule has 28 heavy (non-hydrogen) atoms. The van der Waals surface area contributed by atoms with Crippen LogP contribution in [0.4, 0.5) is 15.8 Å². The first-order valence-corrected chi connectivity index (χ1v) is 8.63. The molecular weight excluding hydrogens is 361 g/mol. The minimum Gasteiger partial charge on any atom is -0.459 e. The van der Waals surface area contributed by atoms with Crippen molar-refractivity contribution in [3.8, 4) is 0 Å². The van der Waals surface area contributed by atoms with E-state index in [9.17, 15) is 14.0 Å². The van der Waals surface area contributed by atoms with E-state index in [1.807, 2.05) is 19.0 Å². The summed E-state index contributed by atoms with van der Waals surface area (Å²) in [5.41, 5.74) is 2.36. The van der Waals surface area contributed by atoms with E-state index in [1.165, 1.54) is 18.4 Å². The Balaban J connectivity index is 1.77. The highest BCUT2D eigenvalue weighted by Gasteiger charge is 2.16. The van der Waals surface area contributed by atoms with E-state index >= 15 is 0 Å². The lowest BCUT2D eigenvalue weighted by molar-refractivity contribution is 0.0949. The Bertz CT molecular complexity index is 967. The zero-order valence-electron chi connectivity index (χ0n) is 15.5. The second-order valence-corrected chi connectivity index (χ2v) is 6.37. The van der Waals surface area contributed by atoms with Crippen LogP contribution in [0.1, 0.15) is 26.5 Å². The lowest BCUT2D eigenvalue weighted by atomic mass is 10.1. The third kappa shape index (κ3) is 4.56. The maximum Gasteiger partial charge on any atom is 0.291 e. The summed E-state index contributed by atoms with van der Waals surface area (Å²) in [5, 5.41) is 5.53. The highest BCUT2D eigenvalue weighted by molar-refractivity contribution is 6.05. The highest BCUT2D eigenvalue weighted by Crippen LogP contribution is 2.23. The lowest BCUT2D eigenvalue weighted by Gasteiger charge is -2.18. The van der Waals surface area contributed by atoms with Gasteiger partial charge in [-0.15, -0.1) is 0 Å². The number of nitrogens with zero attached hydrogens (tertiary/aromatic N) is 1. The van der Waals surface area contributed by atoms with Crippen LogP contribution in [0.5, 0.6) is 0 Å². The van der Waals surface area contributed by atoms with Crippen molar-refractivity contribution in [3.63, 3.8) is 0 Å². The number of carbonyl (C=O) groups excluding carboxylic acids is 2. The van der Waals surface area contributed by atoms with Crippen molar-refractivity contribution in [1.82, 2.24) is 5.32 Å². The summed E-state index contributed by atoms with van der Waals surface area (Å²) in [5.74, 6) is -0.855. The molecule has 0 unspecified atom stereocenters. The Morgan fingerprint density at radius 3 is 2.43 bits per heavy atom. The van der Waals surface area contributed by atoms with Crippen molar-refractivity contribution >= 4 is 23.2 Å². The fraction of sp³-hybridized carbons (Fsp3) is 0.143. The van der Waals surface area contributed by atoms with Crippen LogP contribution < -0.4 is 15.5 Å². The number of halogens is 1. The molecule has 1 aromatic heterocycles. The average molecular weight is 381 g/mol. The Morgan fingerprint density at radius 1 is 1.04 bits per heavy atom. The maximum atomic E-state index is 13.0. The average Bonchev–Trinajstić information content (AvgIpc) is 3.22. The zero-order valence-corrected chi connectivity index (χ0v) is 15.5. The number of benzene rings is 2. The molecule has 3 aromatic rings. The van der Waals surface area contributed by atoms with Gasteiger partial charge in [-0.3, -0.25) is 9.59 Å². The minimum absolute atomic E-state index is 0.180. The van der Waals surface area contributed by atoms with E-state index in [4.69, 9.17) is 4.42 Å². The van der Waals surface area contributed by atoms with Crippen LogP contribution >= 0.6 is 0 Å². The molecule has 0 radical (unpaired) electrons. The molecule has 6 nitrogen and oxygen atoms in total. The van der Waals surface area contributed by atoms with Crippen molar-refractivity contribution in [2.45, 2.75) is 6.54 Å². The first-order chi connectivity index (χ1) is 13.4. The predicted molar refractivity (Wildman–Crippen MR) is 105 cm³/mol. The van der Waals surface area contributed by atoms with Crippen LogP contribution in [-0.4, -0.2) is 25.9 Å². The van der Waals surface area contributed by atoms with Crippen molar-refractivity contribution in [2.75, 3.05) is 24.3 Å². The molecule has 2 N–H and O–H groups in total. The summed E-state index contributed by atoms with van der Waals surface area (Å²) in [6.45, 7) is 0.259. The first-order valence-electron chi connectivity index (χ1n) is 8.63. The third-order valence-electron chi connectivity index (χ3n) is 4.09. The number of amides is 2. The highest BCUT2D eigenvalue weighted by atomic mass is 19.1. The number of anilines is 2. The van der Waals surface area contributed by atoms with Gasteiger partial charge in [-0.2, -0.15) is 0 Å². The molecule has 2 amide bonds. The quantitative estimate of drug-likeness (QED) is 0.683. The summed E-state index contributed by atoms with van der Waals surface area (Å²) in [4.78, 5) is 26.7. The fourth-order valence-corrected chi connectivity index (χ4v) is 2.67. The largest absolute Gasteiger partial charge is 0.459 e. The molecule has 1 heterocycles. The lowest BCUT2D eigenvalue weighted by Crippen LogP contribution is -2.25. The molecule has 0 fully saturated rings. The van der Waals surface area contributed by atoms with Gasteiger partial charge in [0.05, 0.1) is 11.8 Å². The monoisotopic (exact) mass is 381 g/mol. The molecule has 0 atom stereocenters. The van der Waals surface area contributed by atoms with Crippen molar-refractivity contribution in [3.05, 3.63) is 83.6 Å². The van der Waals surface area contributed by atoms with Crippen LogP contribution in [0.15, 0.2) is 65.3 Å². The molecule has 144 valence electrons. The molecule has 0 aliphatic rings. The summed E-state index contributed by atoms with van der Waals surface area (Å²) >= 11 is 0. The van der Waals surface area contributed by atoms with E-state index in [-0.39, 0.29) is 24.0 Å². The number of hydrogen-bond acceptors (Lipinski definition) is 4. The number of nitrogens with one attached hydrogen (secondary N) is 2. The molecule has 0 saturated heterocycles. The van der Waals surface area contributed by atoms with Gasteiger partial charge in [0.25, 0.3) is 11.8 Å². The Kier molecular flexibility index (Phi) is 5.74. The second kappa shape index (κ2) is 8.39. The van der Waals surface area contributed by atoms with E-state index in [0.717, 1.165) is 5.56 Å². The summed E-state index contributed by atoms with van der Waals surface area (Å²) < 4.78 is 18.1. The SMILES string of the molecule is CN(C)c1ccc(NC(=O)c2ccco2)cc1C(=O)NCc1ccc(F)cc1. The fourth-order valence-electron chi connectivity index (χ4n) is 2.67. The van der Waals surface area contributed by atoms with Crippen LogP contribution in [0.25, 0.3) is 0 Å². The van der Waals surface area contributed by atoms with Crippen LogP contribution in [0.2, 0.25) is 0 Å². The van der Waals surface area contributed by atoms with Gasteiger partial charge in [0, 0.05) is 32.0 Å². The zero-order chi connectivity index (χ0) is 20.1. The molecule has 7 heteroatoms. The van der Waals surface area contributed by atoms with E-state index < -0.39 is 5.91 Å². The Hall–Kier alpha value is -3.61. The molecule has 3 rings (SSSR count). The molecule has 2 aromatic carbocycles. The molecule has 0 spiro atoms. The number of rotatable bonds is 6. The van der Waals surface area contributed by atoms with Crippen LogP contribution in [0, 0.1) is 5.82 Å². The van der Waals surface area contributed by atoms with Gasteiger partial charge in [-0.25, -0.2) is 4.39 Å². The van der Waals surface area contributed by atoms with Crippen molar-refractivity contribution < 1.29 is 18.4 Å². The number of furan rings is 1. The summed E-state index contributed by atoms with van der Waals surface area (Å²) in [6.07, 6.45) is 1.42. The third-order valence-corrected chi connectivity index (χ3v) is 4.09. The van der Waals surface area contributed by atoms with Gasteiger partial charge in [0.2, 0.25) is 0 Å². The Morgan fingerprint density at radius 2 is 1.79 bits per heavy atom. The van der Waals surface area contributed by atoms with E-state index in [1.54, 1.807) is 42.5 Å². The number of hydrogen-bond donors (Lipinski definition) is 2.